The number of nitrogens with zero attached hydrogens (tertiary/aromatic N) is 2. The fourth-order valence-electron chi connectivity index (χ4n) is 3.98. The van der Waals surface area contributed by atoms with Crippen LogP contribution in [0.25, 0.3) is 0 Å². The minimum Gasteiger partial charge on any atom is -0.496 e. The Morgan fingerprint density at radius 2 is 2.06 bits per heavy atom. The molecule has 0 aliphatic carbocycles. The summed E-state index contributed by atoms with van der Waals surface area (Å²) in [7, 11) is 1.69. The summed E-state index contributed by atoms with van der Waals surface area (Å²) in [6.45, 7) is 4.82. The fraction of sp³-hybridized carbons (Fsp3) is 0.360. The zero-order valence-corrected chi connectivity index (χ0v) is 19.4. The molecule has 1 aromatic heterocycles. The molecule has 32 heavy (non-hydrogen) atoms. The van der Waals surface area contributed by atoms with Gasteiger partial charge in [0, 0.05) is 48.6 Å². The summed E-state index contributed by atoms with van der Waals surface area (Å²) in [6.07, 6.45) is 1.07. The molecule has 4 rings (SSSR count). The molecule has 0 unspecified atom stereocenters. The Morgan fingerprint density at radius 1 is 1.25 bits per heavy atom. The van der Waals surface area contributed by atoms with Crippen molar-refractivity contribution in [2.45, 2.75) is 32.4 Å². The minimum atomic E-state index is -0.153. The number of para-hydroxylation sites is 2. The SMILES string of the molecule is COc1ccccc1[C@@H]1CN(CCNC(=O)CCc2scnc2C)Cc2ccccc2O1. The van der Waals surface area contributed by atoms with E-state index >= 15 is 0 Å². The van der Waals surface area contributed by atoms with Gasteiger partial charge >= 0.3 is 0 Å². The topological polar surface area (TPSA) is 63.7 Å². The van der Waals surface area contributed by atoms with Crippen LogP contribution in [0.3, 0.4) is 0 Å². The van der Waals surface area contributed by atoms with Gasteiger partial charge in [-0.2, -0.15) is 0 Å². The first kappa shape index (κ1) is 22.3. The highest BCUT2D eigenvalue weighted by Crippen LogP contribution is 2.34. The predicted octanol–water partition coefficient (Wildman–Crippen LogP) is 4.14. The van der Waals surface area contributed by atoms with Gasteiger partial charge in [0.25, 0.3) is 0 Å². The highest BCUT2D eigenvalue weighted by atomic mass is 32.1. The lowest BCUT2D eigenvalue weighted by Crippen LogP contribution is -2.36. The number of nitrogens with one attached hydrogen (secondary N) is 1. The Morgan fingerprint density at radius 3 is 2.88 bits per heavy atom. The molecule has 3 aromatic rings. The second-order valence-corrected chi connectivity index (χ2v) is 8.84. The van der Waals surface area contributed by atoms with Crippen LogP contribution in [0.2, 0.25) is 0 Å². The first-order valence-electron chi connectivity index (χ1n) is 10.9. The maximum atomic E-state index is 12.3. The van der Waals surface area contributed by atoms with Gasteiger partial charge < -0.3 is 14.8 Å². The van der Waals surface area contributed by atoms with E-state index in [2.05, 4.69) is 27.3 Å². The van der Waals surface area contributed by atoms with Gasteiger partial charge in [-0.05, 0) is 25.5 Å². The molecule has 0 radical (unpaired) electrons. The van der Waals surface area contributed by atoms with Gasteiger partial charge in [0.05, 0.1) is 18.3 Å². The minimum absolute atomic E-state index is 0.0746. The van der Waals surface area contributed by atoms with Gasteiger partial charge in [-0.25, -0.2) is 4.98 Å². The van der Waals surface area contributed by atoms with Crippen molar-refractivity contribution in [2.75, 3.05) is 26.7 Å². The number of hydrogen-bond donors (Lipinski definition) is 1. The number of thiazole rings is 1. The van der Waals surface area contributed by atoms with Crippen LogP contribution >= 0.6 is 11.3 Å². The first-order chi connectivity index (χ1) is 15.6. The molecule has 2 heterocycles. The van der Waals surface area contributed by atoms with E-state index in [9.17, 15) is 4.79 Å². The Balaban J connectivity index is 1.39. The number of methoxy groups -OCH3 is 1. The van der Waals surface area contributed by atoms with Crippen LogP contribution < -0.4 is 14.8 Å². The van der Waals surface area contributed by atoms with Gasteiger partial charge in [0.15, 0.2) is 0 Å². The lowest BCUT2D eigenvalue weighted by molar-refractivity contribution is -0.121. The van der Waals surface area contributed by atoms with Crippen LogP contribution in [0.1, 0.15) is 34.2 Å². The molecule has 1 aliphatic heterocycles. The lowest BCUT2D eigenvalue weighted by atomic mass is 10.1. The molecule has 168 valence electrons. The van der Waals surface area contributed by atoms with Crippen molar-refractivity contribution in [1.29, 1.82) is 0 Å². The second kappa shape index (κ2) is 10.6. The van der Waals surface area contributed by atoms with E-state index in [0.29, 0.717) is 19.5 Å². The van der Waals surface area contributed by atoms with Crippen molar-refractivity contribution in [2.24, 2.45) is 0 Å². The van der Waals surface area contributed by atoms with Crippen LogP contribution in [0.15, 0.2) is 54.0 Å². The van der Waals surface area contributed by atoms with E-state index in [4.69, 9.17) is 9.47 Å². The zero-order valence-electron chi connectivity index (χ0n) is 18.5. The van der Waals surface area contributed by atoms with Gasteiger partial charge in [0.1, 0.15) is 17.6 Å². The van der Waals surface area contributed by atoms with Crippen molar-refractivity contribution in [3.63, 3.8) is 0 Å². The maximum absolute atomic E-state index is 12.3. The Labute approximate surface area is 193 Å². The summed E-state index contributed by atoms with van der Waals surface area (Å²) in [6, 6.07) is 16.1. The summed E-state index contributed by atoms with van der Waals surface area (Å²) < 4.78 is 12.0. The molecule has 0 saturated carbocycles. The predicted molar refractivity (Wildman–Crippen MR) is 126 cm³/mol. The largest absolute Gasteiger partial charge is 0.496 e. The summed E-state index contributed by atoms with van der Waals surface area (Å²) in [5, 5.41) is 3.07. The molecule has 1 atom stereocenters. The molecule has 0 spiro atoms. The quantitative estimate of drug-likeness (QED) is 0.558. The van der Waals surface area contributed by atoms with Crippen LogP contribution in [0.5, 0.6) is 11.5 Å². The van der Waals surface area contributed by atoms with Crippen LogP contribution in [-0.4, -0.2) is 42.5 Å². The van der Waals surface area contributed by atoms with Crippen molar-refractivity contribution in [3.05, 3.63) is 75.7 Å². The van der Waals surface area contributed by atoms with E-state index in [0.717, 1.165) is 47.8 Å². The summed E-state index contributed by atoms with van der Waals surface area (Å²) in [5.41, 5.74) is 5.03. The second-order valence-electron chi connectivity index (χ2n) is 7.90. The molecule has 0 saturated heterocycles. The molecule has 1 aliphatic rings. The van der Waals surface area contributed by atoms with E-state index in [-0.39, 0.29) is 12.0 Å². The van der Waals surface area contributed by atoms with Crippen LogP contribution in [0, 0.1) is 6.92 Å². The van der Waals surface area contributed by atoms with Crippen LogP contribution in [0.4, 0.5) is 0 Å². The fourth-order valence-corrected chi connectivity index (χ4v) is 4.76. The summed E-state index contributed by atoms with van der Waals surface area (Å²) in [5.74, 6) is 1.80. The number of aromatic nitrogens is 1. The normalized spacial score (nSPS) is 16.0. The molecule has 0 bridgehead atoms. The third-order valence-corrected chi connectivity index (χ3v) is 6.71. The van der Waals surface area contributed by atoms with Crippen molar-refractivity contribution >= 4 is 17.2 Å². The number of hydrogen-bond acceptors (Lipinski definition) is 6. The monoisotopic (exact) mass is 451 g/mol. The third-order valence-electron chi connectivity index (χ3n) is 5.72. The number of rotatable bonds is 8. The standard InChI is InChI=1S/C25H29N3O3S/c1-18-24(32-17-27-18)11-12-25(29)26-13-14-28-15-19-7-3-5-9-21(19)31-23(16-28)20-8-4-6-10-22(20)30-2/h3-10,17,23H,11-16H2,1-2H3,(H,26,29)/t23-/m0/s1. The van der Waals surface area contributed by atoms with Crippen molar-refractivity contribution < 1.29 is 14.3 Å². The molecule has 1 N–H and O–H groups in total. The van der Waals surface area contributed by atoms with Gasteiger partial charge in [0.2, 0.25) is 5.91 Å². The van der Waals surface area contributed by atoms with E-state index in [1.54, 1.807) is 18.4 Å². The van der Waals surface area contributed by atoms with E-state index in [1.165, 1.54) is 4.88 Å². The number of benzene rings is 2. The summed E-state index contributed by atoms with van der Waals surface area (Å²) in [4.78, 5) is 20.1. The maximum Gasteiger partial charge on any atom is 0.220 e. The molecule has 1 amide bonds. The molecule has 2 aromatic carbocycles. The van der Waals surface area contributed by atoms with E-state index in [1.807, 2.05) is 48.8 Å². The zero-order chi connectivity index (χ0) is 22.3. The molecular formula is C25H29N3O3S. The van der Waals surface area contributed by atoms with Gasteiger partial charge in [-0.15, -0.1) is 11.3 Å². The number of ether oxygens (including phenoxy) is 2. The number of amides is 1. The smallest absolute Gasteiger partial charge is 0.220 e. The Bertz CT molecular complexity index is 1050. The highest BCUT2D eigenvalue weighted by molar-refractivity contribution is 7.09. The number of fused-ring (bicyclic) bond motifs is 1. The van der Waals surface area contributed by atoms with Gasteiger partial charge in [-0.3, -0.25) is 9.69 Å². The Hall–Kier alpha value is -2.90. The molecule has 7 heteroatoms. The average Bonchev–Trinajstić information content (AvgIpc) is 3.12. The first-order valence-corrected chi connectivity index (χ1v) is 11.8. The molecule has 6 nitrogen and oxygen atoms in total. The van der Waals surface area contributed by atoms with Crippen molar-refractivity contribution in [3.8, 4) is 11.5 Å². The Kier molecular flexibility index (Phi) is 7.39. The lowest BCUT2D eigenvalue weighted by Gasteiger charge is -2.25. The van der Waals surface area contributed by atoms with Crippen LogP contribution in [-0.2, 0) is 17.8 Å². The third kappa shape index (κ3) is 5.47. The molecular weight excluding hydrogens is 422 g/mol. The number of carbonyl (C=O) groups is 1. The number of aryl methyl sites for hydroxylation is 2. The highest BCUT2D eigenvalue weighted by Gasteiger charge is 2.26. The van der Waals surface area contributed by atoms with E-state index < -0.39 is 0 Å². The average molecular weight is 452 g/mol. The number of carbonyl (C=O) groups excluding carboxylic acids is 1. The van der Waals surface area contributed by atoms with Crippen molar-refractivity contribution in [1.82, 2.24) is 15.2 Å². The van der Waals surface area contributed by atoms with Gasteiger partial charge in [-0.1, -0.05) is 36.4 Å². The molecule has 0 fully saturated rings. The summed E-state index contributed by atoms with van der Waals surface area (Å²) >= 11 is 1.61.